The summed E-state index contributed by atoms with van der Waals surface area (Å²) in [6.45, 7) is 0.907. The van der Waals surface area contributed by atoms with Gasteiger partial charge in [0.1, 0.15) is 17.3 Å². The van der Waals surface area contributed by atoms with Crippen LogP contribution in [0.1, 0.15) is 17.2 Å². The molecule has 1 fully saturated rings. The van der Waals surface area contributed by atoms with E-state index in [4.69, 9.17) is 9.47 Å². The lowest BCUT2D eigenvalue weighted by Gasteiger charge is -2.27. The van der Waals surface area contributed by atoms with Crippen LogP contribution in [0.5, 0.6) is 11.5 Å². The molecule has 1 amide bonds. The van der Waals surface area contributed by atoms with Crippen LogP contribution in [-0.4, -0.2) is 68.0 Å². The van der Waals surface area contributed by atoms with Crippen LogP contribution < -0.4 is 9.47 Å². The molecule has 0 saturated carbocycles. The van der Waals surface area contributed by atoms with E-state index in [0.29, 0.717) is 35.7 Å². The van der Waals surface area contributed by atoms with Crippen LogP contribution in [0, 0.1) is 0 Å². The lowest BCUT2D eigenvalue weighted by atomic mass is 9.95. The predicted molar refractivity (Wildman–Crippen MR) is 114 cm³/mol. The van der Waals surface area contributed by atoms with Gasteiger partial charge in [0, 0.05) is 13.1 Å². The highest BCUT2D eigenvalue weighted by atomic mass is 16.5. The number of amides is 1. The number of aliphatic hydroxyl groups excluding tert-OH is 1. The zero-order chi connectivity index (χ0) is 21.8. The van der Waals surface area contributed by atoms with E-state index in [-0.39, 0.29) is 11.3 Å². The summed E-state index contributed by atoms with van der Waals surface area (Å²) in [6, 6.07) is 13.3. The Labute approximate surface area is 176 Å². The van der Waals surface area contributed by atoms with Crippen molar-refractivity contribution in [3.63, 3.8) is 0 Å². The number of methoxy groups -OCH3 is 2. The number of likely N-dealkylation sites (N-methyl/N-ethyl adjacent to an activating group) is 1. The van der Waals surface area contributed by atoms with Crippen molar-refractivity contribution in [1.82, 2.24) is 9.80 Å². The Hall–Kier alpha value is -3.32. The smallest absolute Gasteiger partial charge is 0.295 e. The lowest BCUT2D eigenvalue weighted by Crippen LogP contribution is -2.35. The molecule has 0 spiro atoms. The molecule has 2 aromatic carbocycles. The molecule has 1 unspecified atom stereocenters. The van der Waals surface area contributed by atoms with Gasteiger partial charge in [0.05, 0.1) is 31.4 Å². The van der Waals surface area contributed by atoms with Crippen molar-refractivity contribution in [2.45, 2.75) is 6.04 Å². The van der Waals surface area contributed by atoms with E-state index in [1.54, 1.807) is 49.6 Å². The van der Waals surface area contributed by atoms with Crippen LogP contribution in [0.4, 0.5) is 0 Å². The third kappa shape index (κ3) is 4.02. The number of para-hydroxylation sites is 1. The van der Waals surface area contributed by atoms with Gasteiger partial charge in [-0.2, -0.15) is 0 Å². The predicted octanol–water partition coefficient (Wildman–Crippen LogP) is 2.69. The number of Topliss-reactive ketones (excluding diaryl/α,β-unsaturated/α-hetero) is 1. The standard InChI is InChI=1S/C23H26N2O5/c1-24(2)12-13-25-20(15-8-7-9-16(14-15)29-3)19(22(27)23(25)28)21(26)17-10-5-6-11-18(17)30-4/h5-11,14,20,26H,12-13H2,1-4H3/b21-19+. The molecule has 1 N–H and O–H groups in total. The minimum atomic E-state index is -0.732. The van der Waals surface area contributed by atoms with Gasteiger partial charge in [-0.15, -0.1) is 0 Å². The molecule has 7 nitrogen and oxygen atoms in total. The summed E-state index contributed by atoms with van der Waals surface area (Å²) in [5, 5.41) is 11.1. The highest BCUT2D eigenvalue weighted by Crippen LogP contribution is 2.41. The highest BCUT2D eigenvalue weighted by Gasteiger charge is 2.46. The Bertz CT molecular complexity index is 983. The van der Waals surface area contributed by atoms with Gasteiger partial charge in [-0.1, -0.05) is 24.3 Å². The van der Waals surface area contributed by atoms with Gasteiger partial charge in [0.25, 0.3) is 11.7 Å². The Kier molecular flexibility index (Phi) is 6.42. The highest BCUT2D eigenvalue weighted by molar-refractivity contribution is 6.46. The number of aliphatic hydroxyl groups is 1. The SMILES string of the molecule is COc1cccc(C2/C(=C(\O)c3ccccc3OC)C(=O)C(=O)N2CCN(C)C)c1. The molecule has 0 aliphatic carbocycles. The third-order valence-corrected chi connectivity index (χ3v) is 5.10. The number of ketones is 1. The molecule has 3 rings (SSSR count). The topological polar surface area (TPSA) is 79.3 Å². The van der Waals surface area contributed by atoms with E-state index in [1.165, 1.54) is 12.0 Å². The summed E-state index contributed by atoms with van der Waals surface area (Å²) in [6.07, 6.45) is 0. The van der Waals surface area contributed by atoms with E-state index < -0.39 is 17.7 Å². The Morgan fingerprint density at radius 3 is 2.47 bits per heavy atom. The van der Waals surface area contributed by atoms with Crippen molar-refractivity contribution in [2.75, 3.05) is 41.4 Å². The van der Waals surface area contributed by atoms with Gasteiger partial charge in [-0.25, -0.2) is 0 Å². The average molecular weight is 410 g/mol. The normalized spacial score (nSPS) is 18.2. The lowest BCUT2D eigenvalue weighted by molar-refractivity contribution is -0.140. The van der Waals surface area contributed by atoms with Gasteiger partial charge >= 0.3 is 0 Å². The van der Waals surface area contributed by atoms with Gasteiger partial charge in [0.2, 0.25) is 0 Å². The molecule has 158 valence electrons. The monoisotopic (exact) mass is 410 g/mol. The molecular formula is C23H26N2O5. The maximum atomic E-state index is 13.0. The molecule has 2 aromatic rings. The summed E-state index contributed by atoms with van der Waals surface area (Å²) in [5.41, 5.74) is 1.08. The van der Waals surface area contributed by atoms with Crippen LogP contribution in [0.3, 0.4) is 0 Å². The second-order valence-electron chi connectivity index (χ2n) is 7.27. The number of carbonyl (C=O) groups excluding carboxylic acids is 2. The van der Waals surface area contributed by atoms with Crippen molar-refractivity contribution in [3.8, 4) is 11.5 Å². The first-order valence-corrected chi connectivity index (χ1v) is 9.59. The fourth-order valence-corrected chi connectivity index (χ4v) is 3.56. The van der Waals surface area contributed by atoms with E-state index >= 15 is 0 Å². The molecule has 0 bridgehead atoms. The Morgan fingerprint density at radius 2 is 1.80 bits per heavy atom. The molecule has 7 heteroatoms. The first-order valence-electron chi connectivity index (χ1n) is 9.59. The molecule has 0 aromatic heterocycles. The van der Waals surface area contributed by atoms with Crippen molar-refractivity contribution < 1.29 is 24.2 Å². The van der Waals surface area contributed by atoms with Gasteiger partial charge in [0.15, 0.2) is 0 Å². The second kappa shape index (κ2) is 9.00. The van der Waals surface area contributed by atoms with E-state index in [2.05, 4.69) is 0 Å². The van der Waals surface area contributed by atoms with Gasteiger partial charge < -0.3 is 24.4 Å². The summed E-state index contributed by atoms with van der Waals surface area (Å²) in [5.74, 6) is -0.598. The molecular weight excluding hydrogens is 384 g/mol. The number of nitrogens with zero attached hydrogens (tertiary/aromatic N) is 2. The number of ether oxygens (including phenoxy) is 2. The first kappa shape index (κ1) is 21.4. The van der Waals surface area contributed by atoms with E-state index in [9.17, 15) is 14.7 Å². The van der Waals surface area contributed by atoms with Crippen LogP contribution in [0.25, 0.3) is 5.76 Å². The average Bonchev–Trinajstić information content (AvgIpc) is 3.01. The van der Waals surface area contributed by atoms with Crippen LogP contribution in [-0.2, 0) is 9.59 Å². The van der Waals surface area contributed by atoms with Crippen molar-refractivity contribution >= 4 is 17.4 Å². The Balaban J connectivity index is 2.20. The molecule has 1 saturated heterocycles. The first-order chi connectivity index (χ1) is 14.4. The molecule has 1 heterocycles. The third-order valence-electron chi connectivity index (χ3n) is 5.10. The van der Waals surface area contributed by atoms with Crippen LogP contribution in [0.2, 0.25) is 0 Å². The minimum absolute atomic E-state index is 0.0384. The van der Waals surface area contributed by atoms with Crippen LogP contribution >= 0.6 is 0 Å². The van der Waals surface area contributed by atoms with E-state index in [1.807, 2.05) is 25.1 Å². The molecule has 0 radical (unpaired) electrons. The number of carbonyl (C=O) groups is 2. The number of rotatable bonds is 7. The van der Waals surface area contributed by atoms with Crippen molar-refractivity contribution in [2.24, 2.45) is 0 Å². The maximum absolute atomic E-state index is 13.0. The summed E-state index contributed by atoms with van der Waals surface area (Å²) < 4.78 is 10.7. The van der Waals surface area contributed by atoms with Crippen molar-refractivity contribution in [1.29, 1.82) is 0 Å². The molecule has 1 aliphatic rings. The fraction of sp³-hybridized carbons (Fsp3) is 0.304. The van der Waals surface area contributed by atoms with Crippen molar-refractivity contribution in [3.05, 3.63) is 65.2 Å². The molecule has 1 atom stereocenters. The maximum Gasteiger partial charge on any atom is 0.295 e. The molecule has 30 heavy (non-hydrogen) atoms. The number of hydrogen-bond acceptors (Lipinski definition) is 6. The zero-order valence-electron chi connectivity index (χ0n) is 17.6. The minimum Gasteiger partial charge on any atom is -0.507 e. The Morgan fingerprint density at radius 1 is 1.07 bits per heavy atom. The number of likely N-dealkylation sites (tertiary alicyclic amines) is 1. The second-order valence-corrected chi connectivity index (χ2v) is 7.27. The van der Waals surface area contributed by atoms with Gasteiger partial charge in [-0.05, 0) is 43.9 Å². The van der Waals surface area contributed by atoms with E-state index in [0.717, 1.165) is 0 Å². The quantitative estimate of drug-likeness (QED) is 0.430. The summed E-state index contributed by atoms with van der Waals surface area (Å²) in [4.78, 5) is 29.4. The largest absolute Gasteiger partial charge is 0.507 e. The fourth-order valence-electron chi connectivity index (χ4n) is 3.56. The van der Waals surface area contributed by atoms with Gasteiger partial charge in [-0.3, -0.25) is 9.59 Å². The molecule has 1 aliphatic heterocycles. The number of benzene rings is 2. The van der Waals surface area contributed by atoms with Crippen LogP contribution in [0.15, 0.2) is 54.1 Å². The summed E-state index contributed by atoms with van der Waals surface area (Å²) >= 11 is 0. The summed E-state index contributed by atoms with van der Waals surface area (Å²) in [7, 11) is 6.83. The zero-order valence-corrected chi connectivity index (χ0v) is 17.6. The number of hydrogen-bond donors (Lipinski definition) is 1.